The maximum absolute atomic E-state index is 12.4. The van der Waals surface area contributed by atoms with Crippen LogP contribution in [0.1, 0.15) is 47.3 Å². The predicted molar refractivity (Wildman–Crippen MR) is 112 cm³/mol. The van der Waals surface area contributed by atoms with Crippen LogP contribution < -0.4 is 4.74 Å². The summed E-state index contributed by atoms with van der Waals surface area (Å²) in [4.78, 5) is 12.4. The maximum Gasteiger partial charge on any atom is 0.323 e. The predicted octanol–water partition coefficient (Wildman–Crippen LogP) is 5.96. The molecule has 0 aromatic heterocycles. The Morgan fingerprint density at radius 1 is 1.30 bits per heavy atom. The largest absolute Gasteiger partial charge is 0.489 e. The SMILES string of the molecule is Cc1cc(OCc2ccccc2Br)c(C)c2c1CC[C@@H]1[C@H]2OC(=O)C1(C)Br. The molecular formula is C22H22Br2O3. The molecule has 1 aliphatic carbocycles. The van der Waals surface area contributed by atoms with Gasteiger partial charge in [0.05, 0.1) is 0 Å². The van der Waals surface area contributed by atoms with Crippen LogP contribution in [0.2, 0.25) is 0 Å². The van der Waals surface area contributed by atoms with Crippen molar-refractivity contribution in [3.63, 3.8) is 0 Å². The normalized spacial score (nSPS) is 26.3. The molecule has 5 heteroatoms. The summed E-state index contributed by atoms with van der Waals surface area (Å²) in [5.74, 6) is 0.845. The van der Waals surface area contributed by atoms with Crippen LogP contribution in [-0.4, -0.2) is 10.3 Å². The molecule has 3 atom stereocenters. The van der Waals surface area contributed by atoms with Gasteiger partial charge in [-0.2, -0.15) is 0 Å². The number of hydrogen-bond donors (Lipinski definition) is 0. The Balaban J connectivity index is 1.70. The number of rotatable bonds is 3. The minimum Gasteiger partial charge on any atom is -0.489 e. The number of alkyl halides is 1. The van der Waals surface area contributed by atoms with E-state index in [1.807, 2.05) is 25.1 Å². The van der Waals surface area contributed by atoms with Gasteiger partial charge >= 0.3 is 5.97 Å². The topological polar surface area (TPSA) is 35.5 Å². The van der Waals surface area contributed by atoms with Crippen LogP contribution in [0.25, 0.3) is 0 Å². The summed E-state index contributed by atoms with van der Waals surface area (Å²) in [5, 5.41) is 0. The number of ether oxygens (including phenoxy) is 2. The third kappa shape index (κ3) is 3.13. The lowest BCUT2D eigenvalue weighted by molar-refractivity contribution is -0.143. The van der Waals surface area contributed by atoms with Crippen LogP contribution >= 0.6 is 31.9 Å². The fourth-order valence-corrected chi connectivity index (χ4v) is 5.29. The van der Waals surface area contributed by atoms with Gasteiger partial charge < -0.3 is 9.47 Å². The minimum atomic E-state index is -0.610. The Bertz CT molecular complexity index is 920. The first-order chi connectivity index (χ1) is 12.8. The number of halogens is 2. The smallest absolute Gasteiger partial charge is 0.323 e. The van der Waals surface area contributed by atoms with E-state index in [2.05, 4.69) is 57.8 Å². The number of benzene rings is 2. The van der Waals surface area contributed by atoms with Gasteiger partial charge in [0, 0.05) is 21.5 Å². The van der Waals surface area contributed by atoms with Gasteiger partial charge in [-0.05, 0) is 62.4 Å². The van der Waals surface area contributed by atoms with Crippen LogP contribution in [0.5, 0.6) is 5.75 Å². The lowest BCUT2D eigenvalue weighted by Gasteiger charge is -2.33. The molecule has 27 heavy (non-hydrogen) atoms. The summed E-state index contributed by atoms with van der Waals surface area (Å²) < 4.78 is 12.5. The van der Waals surface area contributed by atoms with Gasteiger partial charge in [0.25, 0.3) is 0 Å². The molecule has 0 spiro atoms. The highest BCUT2D eigenvalue weighted by Crippen LogP contribution is 2.54. The summed E-state index contributed by atoms with van der Waals surface area (Å²) in [6.07, 6.45) is 1.71. The van der Waals surface area contributed by atoms with Crippen molar-refractivity contribution in [2.24, 2.45) is 5.92 Å². The second-order valence-electron chi connectivity index (χ2n) is 7.64. The molecular weight excluding hydrogens is 472 g/mol. The van der Waals surface area contributed by atoms with E-state index in [1.54, 1.807) is 0 Å². The van der Waals surface area contributed by atoms with Crippen LogP contribution in [0.3, 0.4) is 0 Å². The Hall–Kier alpha value is -1.33. The third-order valence-electron chi connectivity index (χ3n) is 5.95. The number of esters is 1. The standard InChI is InChI=1S/C22H22Br2O3/c1-12-10-18(26-11-14-6-4-5-7-17(14)23)13(2)19-15(12)8-9-16-20(19)27-21(25)22(16,3)24/h4-7,10,16,20H,8-9,11H2,1-3H3/t16-,20-,22?/m1/s1. The van der Waals surface area contributed by atoms with Crippen molar-refractivity contribution in [2.75, 3.05) is 0 Å². The van der Waals surface area contributed by atoms with Crippen LogP contribution in [0, 0.1) is 19.8 Å². The first-order valence-corrected chi connectivity index (χ1v) is 10.8. The van der Waals surface area contributed by atoms with Gasteiger partial charge in [-0.25, -0.2) is 0 Å². The highest BCUT2D eigenvalue weighted by molar-refractivity contribution is 9.10. The third-order valence-corrected chi connectivity index (χ3v) is 7.63. The van der Waals surface area contributed by atoms with Crippen molar-refractivity contribution in [2.45, 2.75) is 50.6 Å². The maximum atomic E-state index is 12.4. The second kappa shape index (κ2) is 6.93. The van der Waals surface area contributed by atoms with Crippen LogP contribution in [0.15, 0.2) is 34.8 Å². The zero-order valence-electron chi connectivity index (χ0n) is 15.6. The Kier molecular flexibility index (Phi) is 4.88. The average molecular weight is 494 g/mol. The molecule has 142 valence electrons. The molecule has 1 unspecified atom stereocenters. The lowest BCUT2D eigenvalue weighted by Crippen LogP contribution is -2.33. The molecule has 0 radical (unpaired) electrons. The molecule has 4 rings (SSSR count). The van der Waals surface area contributed by atoms with Crippen molar-refractivity contribution in [1.82, 2.24) is 0 Å². The summed E-state index contributed by atoms with van der Waals surface area (Å²) in [7, 11) is 0. The Labute approximate surface area is 176 Å². The molecule has 3 nitrogen and oxygen atoms in total. The molecule has 0 bridgehead atoms. The molecule has 0 N–H and O–H groups in total. The van der Waals surface area contributed by atoms with Crippen LogP contribution in [0.4, 0.5) is 0 Å². The Morgan fingerprint density at radius 3 is 2.78 bits per heavy atom. The van der Waals surface area contributed by atoms with Gasteiger partial charge in [0.15, 0.2) is 0 Å². The zero-order chi connectivity index (χ0) is 19.3. The number of carbonyl (C=O) groups is 1. The molecule has 0 amide bonds. The van der Waals surface area contributed by atoms with Gasteiger partial charge in [-0.15, -0.1) is 0 Å². The molecule has 2 aromatic rings. The molecule has 2 aliphatic rings. The van der Waals surface area contributed by atoms with Gasteiger partial charge in [-0.3, -0.25) is 4.79 Å². The number of aryl methyl sites for hydroxylation is 1. The van der Waals surface area contributed by atoms with Gasteiger partial charge in [0.1, 0.15) is 22.8 Å². The molecule has 1 heterocycles. The highest BCUT2D eigenvalue weighted by Gasteiger charge is 2.55. The molecule has 1 aliphatic heterocycles. The minimum absolute atomic E-state index is 0.147. The van der Waals surface area contributed by atoms with Gasteiger partial charge in [0.2, 0.25) is 0 Å². The summed E-state index contributed by atoms with van der Waals surface area (Å²) in [6, 6.07) is 10.2. The summed E-state index contributed by atoms with van der Waals surface area (Å²) in [5.41, 5.74) is 5.83. The van der Waals surface area contributed by atoms with E-state index in [0.717, 1.165) is 39.8 Å². The number of fused-ring (bicyclic) bond motifs is 3. The molecule has 1 fully saturated rings. The van der Waals surface area contributed by atoms with Crippen molar-refractivity contribution < 1.29 is 14.3 Å². The van der Waals surface area contributed by atoms with E-state index in [4.69, 9.17) is 9.47 Å². The molecule has 1 saturated heterocycles. The van der Waals surface area contributed by atoms with Crippen molar-refractivity contribution in [1.29, 1.82) is 0 Å². The number of hydrogen-bond acceptors (Lipinski definition) is 3. The van der Waals surface area contributed by atoms with E-state index < -0.39 is 4.32 Å². The van der Waals surface area contributed by atoms with Crippen molar-refractivity contribution in [3.05, 3.63) is 62.6 Å². The van der Waals surface area contributed by atoms with Crippen LogP contribution in [-0.2, 0) is 22.6 Å². The first-order valence-electron chi connectivity index (χ1n) is 9.20. The van der Waals surface area contributed by atoms with E-state index in [0.29, 0.717) is 6.61 Å². The first kappa shape index (κ1) is 19.0. The van der Waals surface area contributed by atoms with E-state index >= 15 is 0 Å². The van der Waals surface area contributed by atoms with Crippen molar-refractivity contribution in [3.8, 4) is 5.75 Å². The summed E-state index contributed by atoms with van der Waals surface area (Å²) in [6.45, 7) is 6.62. The second-order valence-corrected chi connectivity index (χ2v) is 10.1. The molecule has 2 aromatic carbocycles. The summed E-state index contributed by atoms with van der Waals surface area (Å²) >= 11 is 7.20. The lowest BCUT2D eigenvalue weighted by atomic mass is 9.74. The Morgan fingerprint density at radius 2 is 2.04 bits per heavy atom. The van der Waals surface area contributed by atoms with E-state index in [-0.39, 0.29) is 18.0 Å². The number of carbonyl (C=O) groups excluding carboxylic acids is 1. The van der Waals surface area contributed by atoms with E-state index in [1.165, 1.54) is 11.1 Å². The fraction of sp³-hybridized carbons (Fsp3) is 0.409. The van der Waals surface area contributed by atoms with Gasteiger partial charge in [-0.1, -0.05) is 50.1 Å². The monoisotopic (exact) mass is 492 g/mol. The fourth-order valence-electron chi connectivity index (χ4n) is 4.33. The highest BCUT2D eigenvalue weighted by atomic mass is 79.9. The van der Waals surface area contributed by atoms with E-state index in [9.17, 15) is 4.79 Å². The average Bonchev–Trinajstić information content (AvgIpc) is 2.87. The quantitative estimate of drug-likeness (QED) is 0.391. The molecule has 0 saturated carbocycles. The zero-order valence-corrected chi connectivity index (χ0v) is 18.8. The van der Waals surface area contributed by atoms with Crippen molar-refractivity contribution >= 4 is 37.8 Å².